The first kappa shape index (κ1) is 24.1. The van der Waals surface area contributed by atoms with Crippen LogP contribution in [-0.4, -0.2) is 39.0 Å². The summed E-state index contributed by atoms with van der Waals surface area (Å²) in [5, 5.41) is 4.40. The van der Waals surface area contributed by atoms with Gasteiger partial charge in [0.1, 0.15) is 11.8 Å². The van der Waals surface area contributed by atoms with Gasteiger partial charge in [-0.15, -0.1) is 0 Å². The van der Waals surface area contributed by atoms with Crippen LogP contribution in [0.3, 0.4) is 0 Å². The largest absolute Gasteiger partial charge is 0.467 e. The average molecular weight is 452 g/mol. The topological polar surface area (TPSA) is 144 Å². The van der Waals surface area contributed by atoms with Gasteiger partial charge in [-0.05, 0) is 37.1 Å². The molecule has 10 nitrogen and oxygen atoms in total. The number of furan rings is 1. The predicted octanol–water partition coefficient (Wildman–Crippen LogP) is 1.46. The molecule has 0 radical (unpaired) electrons. The van der Waals surface area contributed by atoms with E-state index in [0.717, 1.165) is 5.56 Å². The quantitative estimate of drug-likeness (QED) is 0.490. The van der Waals surface area contributed by atoms with E-state index in [1.54, 1.807) is 38.1 Å². The maximum absolute atomic E-state index is 12.6. The number of imide groups is 1. The number of aryl methyl sites for hydroxylation is 1. The van der Waals surface area contributed by atoms with E-state index in [1.165, 1.54) is 18.4 Å². The fraction of sp³-hybridized carbons (Fsp3) is 0.350. The lowest BCUT2D eigenvalue weighted by Crippen LogP contribution is -2.46. The highest BCUT2D eigenvalue weighted by atomic mass is 32.2. The van der Waals surface area contributed by atoms with Crippen molar-refractivity contribution < 1.29 is 32.0 Å². The molecule has 31 heavy (non-hydrogen) atoms. The molecule has 2 rings (SSSR count). The number of nitrogens with one attached hydrogen (secondary N) is 3. The SMILES string of the molecule is Cc1ccc(S(=O)(=O)N[C@H](C(=O)OCC(=O)NC(=O)NCc2ccco2)C(C)C)cc1. The summed E-state index contributed by atoms with van der Waals surface area (Å²) in [6.07, 6.45) is 1.44. The van der Waals surface area contributed by atoms with Gasteiger partial charge in [-0.3, -0.25) is 14.9 Å². The molecule has 1 atom stereocenters. The second-order valence-electron chi connectivity index (χ2n) is 7.07. The zero-order valence-corrected chi connectivity index (χ0v) is 18.2. The van der Waals surface area contributed by atoms with Crippen molar-refractivity contribution >= 4 is 27.9 Å². The molecule has 0 unspecified atom stereocenters. The van der Waals surface area contributed by atoms with Gasteiger partial charge in [0.2, 0.25) is 10.0 Å². The maximum atomic E-state index is 12.6. The highest BCUT2D eigenvalue weighted by Gasteiger charge is 2.30. The number of ether oxygens (including phenoxy) is 1. The summed E-state index contributed by atoms with van der Waals surface area (Å²) >= 11 is 0. The standard InChI is InChI=1S/C20H25N3O7S/c1-13(2)18(23-31(27,28)16-8-6-14(3)7-9-16)19(25)30-12-17(24)22-20(26)21-11-15-5-4-10-29-15/h4-10,13,18,23H,11-12H2,1-3H3,(H2,21,22,24,26)/t18-/m0/s1. The van der Waals surface area contributed by atoms with Crippen LogP contribution in [-0.2, 0) is 30.9 Å². The molecule has 0 fully saturated rings. The van der Waals surface area contributed by atoms with Gasteiger partial charge in [0, 0.05) is 0 Å². The summed E-state index contributed by atoms with van der Waals surface area (Å²) in [6.45, 7) is 4.41. The molecule has 0 bridgehead atoms. The van der Waals surface area contributed by atoms with Crippen molar-refractivity contribution in [1.29, 1.82) is 0 Å². The number of hydrogen-bond donors (Lipinski definition) is 3. The molecule has 0 saturated carbocycles. The molecule has 3 N–H and O–H groups in total. The number of carbonyl (C=O) groups is 3. The third-order valence-electron chi connectivity index (χ3n) is 4.14. The van der Waals surface area contributed by atoms with Crippen molar-refractivity contribution in [3.8, 4) is 0 Å². The Labute approximate surface area is 180 Å². The highest BCUT2D eigenvalue weighted by Crippen LogP contribution is 2.13. The average Bonchev–Trinajstić information content (AvgIpc) is 3.22. The van der Waals surface area contributed by atoms with E-state index < -0.39 is 46.5 Å². The van der Waals surface area contributed by atoms with Crippen LogP contribution in [0.1, 0.15) is 25.2 Å². The summed E-state index contributed by atoms with van der Waals surface area (Å²) in [5.74, 6) is -1.76. The molecule has 2 aromatic rings. The Hall–Kier alpha value is -3.18. The van der Waals surface area contributed by atoms with E-state index in [2.05, 4.69) is 10.0 Å². The smallest absolute Gasteiger partial charge is 0.324 e. The maximum Gasteiger partial charge on any atom is 0.324 e. The summed E-state index contributed by atoms with van der Waals surface area (Å²) in [5.41, 5.74) is 0.887. The Kier molecular flexibility index (Phi) is 8.34. The van der Waals surface area contributed by atoms with E-state index in [9.17, 15) is 22.8 Å². The molecular weight excluding hydrogens is 426 g/mol. The Morgan fingerprint density at radius 1 is 1.10 bits per heavy atom. The monoisotopic (exact) mass is 451 g/mol. The summed E-state index contributed by atoms with van der Waals surface area (Å²) in [6, 6.07) is 7.41. The molecule has 0 saturated heterocycles. The second-order valence-corrected chi connectivity index (χ2v) is 8.79. The Balaban J connectivity index is 1.87. The predicted molar refractivity (Wildman–Crippen MR) is 110 cm³/mol. The van der Waals surface area contributed by atoms with Crippen LogP contribution in [0.4, 0.5) is 4.79 Å². The highest BCUT2D eigenvalue weighted by molar-refractivity contribution is 7.89. The summed E-state index contributed by atoms with van der Waals surface area (Å²) in [4.78, 5) is 35.9. The number of amides is 3. The lowest BCUT2D eigenvalue weighted by Gasteiger charge is -2.20. The van der Waals surface area contributed by atoms with Crippen LogP contribution < -0.4 is 15.4 Å². The third-order valence-corrected chi connectivity index (χ3v) is 5.59. The van der Waals surface area contributed by atoms with Gasteiger partial charge in [0.15, 0.2) is 6.61 Å². The van der Waals surface area contributed by atoms with E-state index in [0.29, 0.717) is 5.76 Å². The van der Waals surface area contributed by atoms with E-state index >= 15 is 0 Å². The first-order chi connectivity index (χ1) is 14.6. The number of sulfonamides is 1. The Bertz CT molecular complexity index is 1000. The fourth-order valence-corrected chi connectivity index (χ4v) is 3.76. The lowest BCUT2D eigenvalue weighted by atomic mass is 10.1. The van der Waals surface area contributed by atoms with Crippen molar-refractivity contribution in [1.82, 2.24) is 15.4 Å². The minimum Gasteiger partial charge on any atom is -0.467 e. The number of hydrogen-bond acceptors (Lipinski definition) is 7. The summed E-state index contributed by atoms with van der Waals surface area (Å²) in [7, 11) is -3.98. The van der Waals surface area contributed by atoms with Gasteiger partial charge in [0.05, 0.1) is 17.7 Å². The fourth-order valence-electron chi connectivity index (χ4n) is 2.42. The number of urea groups is 1. The van der Waals surface area contributed by atoms with Crippen LogP contribution in [0, 0.1) is 12.8 Å². The first-order valence-electron chi connectivity index (χ1n) is 9.44. The number of esters is 1. The molecule has 3 amide bonds. The molecule has 1 aromatic carbocycles. The molecule has 0 aliphatic heterocycles. The second kappa shape index (κ2) is 10.7. The first-order valence-corrected chi connectivity index (χ1v) is 10.9. The van der Waals surface area contributed by atoms with Gasteiger partial charge in [-0.2, -0.15) is 4.72 Å². The third kappa shape index (κ3) is 7.54. The zero-order chi connectivity index (χ0) is 23.0. The number of carbonyl (C=O) groups excluding carboxylic acids is 3. The minimum atomic E-state index is -3.98. The van der Waals surface area contributed by atoms with Gasteiger partial charge in [0.25, 0.3) is 5.91 Å². The molecule has 0 spiro atoms. The van der Waals surface area contributed by atoms with Crippen molar-refractivity contribution in [2.75, 3.05) is 6.61 Å². The van der Waals surface area contributed by atoms with Crippen molar-refractivity contribution in [3.05, 3.63) is 54.0 Å². The Morgan fingerprint density at radius 2 is 1.77 bits per heavy atom. The minimum absolute atomic E-state index is 0.00233. The normalized spacial score (nSPS) is 12.3. The molecule has 0 aliphatic carbocycles. The molecule has 0 aliphatic rings. The van der Waals surface area contributed by atoms with Crippen molar-refractivity contribution in [2.24, 2.45) is 5.92 Å². The van der Waals surface area contributed by atoms with E-state index in [1.807, 2.05) is 12.2 Å². The lowest BCUT2D eigenvalue weighted by molar-refractivity contribution is -0.150. The zero-order valence-electron chi connectivity index (χ0n) is 17.4. The van der Waals surface area contributed by atoms with Crippen LogP contribution in [0.2, 0.25) is 0 Å². The molecule has 1 heterocycles. The molecule has 11 heteroatoms. The van der Waals surface area contributed by atoms with Gasteiger partial charge in [-0.25, -0.2) is 13.2 Å². The van der Waals surface area contributed by atoms with Crippen LogP contribution in [0.15, 0.2) is 52.0 Å². The van der Waals surface area contributed by atoms with Crippen LogP contribution in [0.25, 0.3) is 0 Å². The van der Waals surface area contributed by atoms with Gasteiger partial charge in [-0.1, -0.05) is 31.5 Å². The van der Waals surface area contributed by atoms with Crippen LogP contribution >= 0.6 is 0 Å². The number of rotatable bonds is 9. The van der Waals surface area contributed by atoms with Gasteiger partial charge >= 0.3 is 12.0 Å². The van der Waals surface area contributed by atoms with Gasteiger partial charge < -0.3 is 14.5 Å². The van der Waals surface area contributed by atoms with E-state index in [-0.39, 0.29) is 11.4 Å². The summed E-state index contributed by atoms with van der Waals surface area (Å²) < 4.78 is 37.4. The Morgan fingerprint density at radius 3 is 2.35 bits per heavy atom. The molecule has 168 valence electrons. The van der Waals surface area contributed by atoms with Crippen molar-refractivity contribution in [2.45, 2.75) is 38.3 Å². The van der Waals surface area contributed by atoms with Crippen LogP contribution in [0.5, 0.6) is 0 Å². The number of benzene rings is 1. The molecule has 1 aromatic heterocycles. The van der Waals surface area contributed by atoms with Crippen molar-refractivity contribution in [3.63, 3.8) is 0 Å². The molecular formula is C20H25N3O7S. The van der Waals surface area contributed by atoms with E-state index in [4.69, 9.17) is 9.15 Å².